The van der Waals surface area contributed by atoms with Gasteiger partial charge in [0.1, 0.15) is 38.2 Å². The number of hydrogen-bond acceptors (Lipinski definition) is 13. The van der Waals surface area contributed by atoms with Crippen LogP contribution in [0.1, 0.15) is 33.7 Å². The lowest BCUT2D eigenvalue weighted by molar-refractivity contribution is -0.133. The smallest absolute Gasteiger partial charge is 0.313 e. The zero-order chi connectivity index (χ0) is 30.4. The van der Waals surface area contributed by atoms with Gasteiger partial charge in [-0.3, -0.25) is 9.59 Å². The van der Waals surface area contributed by atoms with E-state index in [0.717, 1.165) is 42.5 Å². The number of aryl methyl sites for hydroxylation is 4. The third-order valence-electron chi connectivity index (χ3n) is 5.69. The number of thioether (sulfide) groups is 2. The molecule has 3 N–H and O–H groups in total. The molecule has 0 aromatic carbocycles. The fourth-order valence-corrected chi connectivity index (χ4v) is 7.26. The Morgan fingerprint density at radius 3 is 1.73 bits per heavy atom. The Morgan fingerprint density at radius 2 is 1.32 bits per heavy atom. The van der Waals surface area contributed by atoms with Crippen molar-refractivity contribution in [2.75, 3.05) is 45.5 Å². The van der Waals surface area contributed by atoms with Crippen LogP contribution >= 0.6 is 46.2 Å². The van der Waals surface area contributed by atoms with Crippen molar-refractivity contribution in [1.29, 1.82) is 0 Å². The molecule has 4 rings (SSSR count). The van der Waals surface area contributed by atoms with Gasteiger partial charge in [-0.25, -0.2) is 19.9 Å². The predicted molar refractivity (Wildman–Crippen MR) is 170 cm³/mol. The zero-order valence-corrected chi connectivity index (χ0v) is 27.4. The van der Waals surface area contributed by atoms with Crippen molar-refractivity contribution in [1.82, 2.24) is 19.9 Å². The predicted octanol–water partition coefficient (Wildman–Crippen LogP) is 5.47. The Labute approximate surface area is 256 Å². The topological polar surface area (TPSA) is 150 Å². The Kier molecular flexibility index (Phi) is 15.7. The molecule has 0 aliphatic rings. The Balaban J connectivity index is 0.000000251. The van der Waals surface area contributed by atoms with Gasteiger partial charge in [0, 0.05) is 54.3 Å². The van der Waals surface area contributed by atoms with E-state index in [0.29, 0.717) is 31.9 Å². The van der Waals surface area contributed by atoms with E-state index in [-0.39, 0.29) is 11.5 Å². The maximum absolute atomic E-state index is 11.8. The number of ether oxygens (including phenoxy) is 2. The molecule has 10 nitrogen and oxygen atoms in total. The Bertz CT molecular complexity index is 1420. The number of carboxylic acid groups (broad SMARTS) is 1. The number of carboxylic acids is 1. The molecule has 0 aliphatic carbocycles. The minimum atomic E-state index is -0.832. The van der Waals surface area contributed by atoms with Gasteiger partial charge in [0.25, 0.3) is 0 Å². The van der Waals surface area contributed by atoms with Crippen molar-refractivity contribution in [3.63, 3.8) is 0 Å². The quantitative estimate of drug-likeness (QED) is 0.115. The molecule has 14 heteroatoms. The van der Waals surface area contributed by atoms with Gasteiger partial charge in [-0.1, -0.05) is 23.5 Å². The summed E-state index contributed by atoms with van der Waals surface area (Å²) in [6.45, 7) is 10.1. The van der Waals surface area contributed by atoms with Gasteiger partial charge in [0.2, 0.25) is 0 Å². The van der Waals surface area contributed by atoms with Crippen LogP contribution in [0.4, 0.5) is 0 Å². The lowest BCUT2D eigenvalue weighted by Gasteiger charge is -2.03. The van der Waals surface area contributed by atoms with Gasteiger partial charge in [0.15, 0.2) is 0 Å². The van der Waals surface area contributed by atoms with Gasteiger partial charge in [0.05, 0.1) is 18.1 Å². The molecule has 0 bridgehead atoms. The lowest BCUT2D eigenvalue weighted by atomic mass is 10.2. The second kappa shape index (κ2) is 18.4. The third-order valence-corrected chi connectivity index (χ3v) is 9.94. The molecule has 0 atom stereocenters. The van der Waals surface area contributed by atoms with Gasteiger partial charge in [-0.15, -0.1) is 22.7 Å². The number of hydrogen-bond donors (Lipinski definition) is 2. The number of nitrogens with two attached hydrogens (primary N) is 1. The second-order valence-electron chi connectivity index (χ2n) is 8.67. The molecule has 0 saturated heterocycles. The highest BCUT2D eigenvalue weighted by Gasteiger charge is 2.14. The summed E-state index contributed by atoms with van der Waals surface area (Å²) < 4.78 is 9.52. The molecule has 41 heavy (non-hydrogen) atoms. The van der Waals surface area contributed by atoms with Crippen molar-refractivity contribution < 1.29 is 24.2 Å². The van der Waals surface area contributed by atoms with Crippen LogP contribution in [0.15, 0.2) is 22.7 Å². The number of fused-ring (bicyclic) bond motifs is 2. The average Bonchev–Trinajstić information content (AvgIpc) is 3.41. The monoisotopic (exact) mass is 639 g/mol. The number of Topliss-reactive ketones (excluding diaryl/α,β-unsaturated/α-hetero) is 1. The summed E-state index contributed by atoms with van der Waals surface area (Å²) in [6, 6.07) is 0. The van der Waals surface area contributed by atoms with Crippen LogP contribution in [-0.4, -0.2) is 82.3 Å². The molecule has 0 amide bonds. The van der Waals surface area contributed by atoms with E-state index in [4.69, 9.17) is 15.6 Å². The molecule has 0 spiro atoms. The number of carbonyl (C=O) groups excluding carboxylic acids is 1. The fourth-order valence-electron chi connectivity index (χ4n) is 3.40. The normalized spacial score (nSPS) is 10.7. The summed E-state index contributed by atoms with van der Waals surface area (Å²) in [5.74, 6) is -0.102. The van der Waals surface area contributed by atoms with Crippen LogP contribution in [0.25, 0.3) is 20.4 Å². The highest BCUT2D eigenvalue weighted by atomic mass is 32.2. The minimum absolute atomic E-state index is 0.0282. The van der Waals surface area contributed by atoms with E-state index >= 15 is 0 Å². The molecule has 224 valence electrons. The van der Waals surface area contributed by atoms with Crippen LogP contribution in [0.3, 0.4) is 0 Å². The van der Waals surface area contributed by atoms with Gasteiger partial charge in [-0.2, -0.15) is 0 Å². The standard InChI is InChI=1S/C14H18N2O2S2.C10H10N2O2S2.C3H9NO/c1-9-10(2)20-14-12(9)13(15-8-16-14)19-7-11(17)5-4-6-18-3;1-5-6(2)16-10-8(5)9(11-4-12-10)15-3-7(13)14;1-5-3-2-4/h8H,4-7H2,1-3H3;4H,3H2,1-2H3,(H,13,14);2-4H2,1H3. The molecule has 4 aromatic heterocycles. The Morgan fingerprint density at radius 1 is 0.829 bits per heavy atom. The fraction of sp³-hybridized carbons (Fsp3) is 0.481. The molecule has 4 heterocycles. The van der Waals surface area contributed by atoms with Crippen LogP contribution in [0.5, 0.6) is 0 Å². The molecular weight excluding hydrogens is 603 g/mol. The Hall–Kier alpha value is -2.20. The van der Waals surface area contributed by atoms with E-state index < -0.39 is 5.97 Å². The van der Waals surface area contributed by atoms with Gasteiger partial charge < -0.3 is 20.3 Å². The molecule has 0 aliphatic heterocycles. The highest BCUT2D eigenvalue weighted by molar-refractivity contribution is 8.00. The van der Waals surface area contributed by atoms with Crippen molar-refractivity contribution in [3.8, 4) is 0 Å². The first-order chi connectivity index (χ1) is 19.6. The molecule has 0 unspecified atom stereocenters. The third kappa shape index (κ3) is 10.9. The van der Waals surface area contributed by atoms with Crippen LogP contribution < -0.4 is 5.73 Å². The first-order valence-electron chi connectivity index (χ1n) is 12.7. The van der Waals surface area contributed by atoms with E-state index in [9.17, 15) is 9.59 Å². The average molecular weight is 640 g/mol. The summed E-state index contributed by atoms with van der Waals surface area (Å²) in [4.78, 5) is 43.7. The zero-order valence-electron chi connectivity index (χ0n) is 24.2. The number of nitrogens with zero attached hydrogens (tertiary/aromatic N) is 4. The summed E-state index contributed by atoms with van der Waals surface area (Å²) >= 11 is 6.04. The second-order valence-corrected chi connectivity index (χ2v) is 13.0. The van der Waals surface area contributed by atoms with Crippen LogP contribution in [0, 0.1) is 27.7 Å². The number of methoxy groups -OCH3 is 2. The molecule has 0 fully saturated rings. The van der Waals surface area contributed by atoms with E-state index in [1.807, 2.05) is 13.8 Å². The maximum atomic E-state index is 11.8. The molecule has 4 aromatic rings. The maximum Gasteiger partial charge on any atom is 0.313 e. The number of aromatic nitrogens is 4. The van der Waals surface area contributed by atoms with Crippen molar-refractivity contribution in [2.45, 2.75) is 50.6 Å². The summed E-state index contributed by atoms with van der Waals surface area (Å²) in [5, 5.41) is 12.4. The van der Waals surface area contributed by atoms with E-state index in [2.05, 4.69) is 38.5 Å². The van der Waals surface area contributed by atoms with E-state index in [1.54, 1.807) is 43.2 Å². The number of thiophene rings is 2. The lowest BCUT2D eigenvalue weighted by Crippen LogP contribution is -2.05. The SMILES string of the molecule is COCCCC(=O)CSc1ncnc2sc(C)c(C)c12.COCCN.Cc1sc2ncnc(SCC(=O)O)c2c1C. The van der Waals surface area contributed by atoms with Crippen LogP contribution in [0.2, 0.25) is 0 Å². The van der Waals surface area contributed by atoms with Crippen LogP contribution in [-0.2, 0) is 19.1 Å². The molecular formula is C27H37N5O5S4. The number of ketones is 1. The highest BCUT2D eigenvalue weighted by Crippen LogP contribution is 2.35. The first-order valence-corrected chi connectivity index (χ1v) is 16.3. The minimum Gasteiger partial charge on any atom is -0.481 e. The summed E-state index contributed by atoms with van der Waals surface area (Å²) in [6.07, 6.45) is 4.42. The number of aliphatic carboxylic acids is 1. The molecule has 0 radical (unpaired) electrons. The number of carbonyl (C=O) groups is 2. The van der Waals surface area contributed by atoms with Gasteiger partial charge >= 0.3 is 5.97 Å². The van der Waals surface area contributed by atoms with E-state index in [1.165, 1.54) is 45.2 Å². The van der Waals surface area contributed by atoms with Gasteiger partial charge in [-0.05, 0) is 45.2 Å². The van der Waals surface area contributed by atoms with Crippen molar-refractivity contribution >= 4 is 78.4 Å². The van der Waals surface area contributed by atoms with Crippen molar-refractivity contribution in [3.05, 3.63) is 33.5 Å². The largest absolute Gasteiger partial charge is 0.481 e. The first kappa shape index (κ1) is 35.0. The van der Waals surface area contributed by atoms with Crippen molar-refractivity contribution in [2.24, 2.45) is 5.73 Å². The summed E-state index contributed by atoms with van der Waals surface area (Å²) in [7, 11) is 3.28. The number of rotatable bonds is 12. The molecule has 0 saturated carbocycles. The summed E-state index contributed by atoms with van der Waals surface area (Å²) in [5.41, 5.74) is 7.38.